The summed E-state index contributed by atoms with van der Waals surface area (Å²) in [4.78, 5) is 11.8. The van der Waals surface area contributed by atoms with Crippen LogP contribution in [0.15, 0.2) is 18.2 Å². The largest absolute Gasteiger partial charge is 0.493 e. The van der Waals surface area contributed by atoms with E-state index in [2.05, 4.69) is 5.32 Å². The predicted octanol–water partition coefficient (Wildman–Crippen LogP) is 2.04. The number of hydrogen-bond acceptors (Lipinski definition) is 4. The van der Waals surface area contributed by atoms with Crippen LogP contribution >= 0.6 is 0 Å². The van der Waals surface area contributed by atoms with Crippen molar-refractivity contribution in [2.45, 2.75) is 45.9 Å². The first-order chi connectivity index (χ1) is 9.35. The first-order valence-electron chi connectivity index (χ1n) is 6.68. The standard InChI is InChI=1S/C15H23NO4/c1-9(2)16-15(18)11(4)20-13-7-6-12(10(3)17)8-14(13)19-5/h6-11,17H,1-5H3,(H,16,18)/t10-,11?/m1/s1. The lowest BCUT2D eigenvalue weighted by atomic mass is 10.1. The van der Waals surface area contributed by atoms with Crippen molar-refractivity contribution >= 4 is 5.91 Å². The summed E-state index contributed by atoms with van der Waals surface area (Å²) in [5.41, 5.74) is 0.730. The van der Waals surface area contributed by atoms with E-state index in [0.29, 0.717) is 11.5 Å². The second kappa shape index (κ2) is 7.14. The summed E-state index contributed by atoms with van der Waals surface area (Å²) in [5.74, 6) is 0.789. The first-order valence-corrected chi connectivity index (χ1v) is 6.68. The highest BCUT2D eigenvalue weighted by molar-refractivity contribution is 5.81. The average molecular weight is 281 g/mol. The van der Waals surface area contributed by atoms with Gasteiger partial charge in [-0.15, -0.1) is 0 Å². The number of ether oxygens (including phenoxy) is 2. The van der Waals surface area contributed by atoms with Crippen LogP contribution in [0.25, 0.3) is 0 Å². The van der Waals surface area contributed by atoms with Crippen LogP contribution in [0.4, 0.5) is 0 Å². The highest BCUT2D eigenvalue weighted by Crippen LogP contribution is 2.31. The molecule has 0 fully saturated rings. The Labute approximate surface area is 119 Å². The number of benzene rings is 1. The lowest BCUT2D eigenvalue weighted by Gasteiger charge is -2.18. The molecule has 0 heterocycles. The maximum absolute atomic E-state index is 11.8. The van der Waals surface area contributed by atoms with Crippen LogP contribution in [0.3, 0.4) is 0 Å². The molecule has 0 spiro atoms. The molecule has 0 saturated carbocycles. The quantitative estimate of drug-likeness (QED) is 0.837. The normalized spacial score (nSPS) is 13.8. The van der Waals surface area contributed by atoms with Gasteiger partial charge in [0.1, 0.15) is 0 Å². The molecule has 0 aliphatic rings. The van der Waals surface area contributed by atoms with Gasteiger partial charge >= 0.3 is 0 Å². The minimum Gasteiger partial charge on any atom is -0.493 e. The lowest BCUT2D eigenvalue weighted by Crippen LogP contribution is -2.40. The highest BCUT2D eigenvalue weighted by Gasteiger charge is 2.18. The third-order valence-electron chi connectivity index (χ3n) is 2.77. The van der Waals surface area contributed by atoms with Crippen LogP contribution in [-0.2, 0) is 4.79 Å². The molecular formula is C15H23NO4. The number of aliphatic hydroxyl groups excluding tert-OH is 1. The lowest BCUT2D eigenvalue weighted by molar-refractivity contribution is -0.127. The fourth-order valence-corrected chi connectivity index (χ4v) is 1.69. The van der Waals surface area contributed by atoms with Gasteiger partial charge in [0.2, 0.25) is 0 Å². The molecule has 2 N–H and O–H groups in total. The third kappa shape index (κ3) is 4.42. The minimum absolute atomic E-state index is 0.0630. The van der Waals surface area contributed by atoms with Crippen molar-refractivity contribution in [2.24, 2.45) is 0 Å². The number of hydrogen-bond donors (Lipinski definition) is 2. The molecule has 112 valence electrons. The van der Waals surface area contributed by atoms with E-state index in [0.717, 1.165) is 5.56 Å². The van der Waals surface area contributed by atoms with Crippen molar-refractivity contribution in [1.82, 2.24) is 5.32 Å². The Morgan fingerprint density at radius 3 is 2.35 bits per heavy atom. The average Bonchev–Trinajstić information content (AvgIpc) is 2.37. The summed E-state index contributed by atoms with van der Waals surface area (Å²) in [6, 6.07) is 5.20. The number of carbonyl (C=O) groups excluding carboxylic acids is 1. The van der Waals surface area contributed by atoms with E-state index >= 15 is 0 Å². The van der Waals surface area contributed by atoms with Crippen LogP contribution < -0.4 is 14.8 Å². The van der Waals surface area contributed by atoms with Gasteiger partial charge in [0, 0.05) is 6.04 Å². The summed E-state index contributed by atoms with van der Waals surface area (Å²) in [7, 11) is 1.52. The molecule has 0 aliphatic carbocycles. The van der Waals surface area contributed by atoms with Gasteiger partial charge in [-0.25, -0.2) is 0 Å². The Kier molecular flexibility index (Phi) is 5.82. The predicted molar refractivity (Wildman–Crippen MR) is 77.0 cm³/mol. The first kappa shape index (κ1) is 16.3. The van der Waals surface area contributed by atoms with Crippen molar-refractivity contribution < 1.29 is 19.4 Å². The van der Waals surface area contributed by atoms with Gasteiger partial charge in [0.15, 0.2) is 17.6 Å². The summed E-state index contributed by atoms with van der Waals surface area (Å²) in [6.07, 6.45) is -1.21. The van der Waals surface area contributed by atoms with Crippen molar-refractivity contribution in [3.8, 4) is 11.5 Å². The van der Waals surface area contributed by atoms with Crippen LogP contribution in [0.2, 0.25) is 0 Å². The van der Waals surface area contributed by atoms with Crippen molar-refractivity contribution in [3.05, 3.63) is 23.8 Å². The molecule has 0 aromatic heterocycles. The number of carbonyl (C=O) groups is 1. The zero-order valence-electron chi connectivity index (χ0n) is 12.6. The molecule has 5 heteroatoms. The molecule has 1 aromatic rings. The maximum atomic E-state index is 11.8. The maximum Gasteiger partial charge on any atom is 0.260 e. The van der Waals surface area contributed by atoms with Crippen LogP contribution in [0, 0.1) is 0 Å². The summed E-state index contributed by atoms with van der Waals surface area (Å²) in [5, 5.41) is 12.3. The number of rotatable bonds is 6. The Balaban J connectivity index is 2.84. The molecule has 0 aliphatic heterocycles. The molecule has 1 amide bonds. The van der Waals surface area contributed by atoms with Crippen molar-refractivity contribution in [1.29, 1.82) is 0 Å². The van der Waals surface area contributed by atoms with Gasteiger partial charge in [-0.1, -0.05) is 6.07 Å². The monoisotopic (exact) mass is 281 g/mol. The molecule has 1 unspecified atom stereocenters. The summed E-state index contributed by atoms with van der Waals surface area (Å²) < 4.78 is 10.8. The number of amides is 1. The second-order valence-corrected chi connectivity index (χ2v) is 5.01. The molecule has 0 saturated heterocycles. The van der Waals surface area contributed by atoms with Crippen molar-refractivity contribution in [2.75, 3.05) is 7.11 Å². The Morgan fingerprint density at radius 2 is 1.85 bits per heavy atom. The van der Waals surface area contributed by atoms with E-state index in [4.69, 9.17) is 9.47 Å². The second-order valence-electron chi connectivity index (χ2n) is 5.01. The van der Waals surface area contributed by atoms with Crippen LogP contribution in [0.5, 0.6) is 11.5 Å². The van der Waals surface area contributed by atoms with Gasteiger partial charge in [0.05, 0.1) is 13.2 Å². The third-order valence-corrected chi connectivity index (χ3v) is 2.77. The zero-order valence-corrected chi connectivity index (χ0v) is 12.6. The summed E-state index contributed by atoms with van der Waals surface area (Å²) >= 11 is 0. The minimum atomic E-state index is -0.622. The Bertz CT molecular complexity index is 457. The van der Waals surface area contributed by atoms with Gasteiger partial charge in [-0.05, 0) is 45.4 Å². The summed E-state index contributed by atoms with van der Waals surface area (Å²) in [6.45, 7) is 7.14. The molecular weight excluding hydrogens is 258 g/mol. The smallest absolute Gasteiger partial charge is 0.260 e. The molecule has 2 atom stereocenters. The Hall–Kier alpha value is -1.75. The highest BCUT2D eigenvalue weighted by atomic mass is 16.5. The molecule has 1 rings (SSSR count). The van der Waals surface area contributed by atoms with E-state index in [1.54, 1.807) is 32.0 Å². The van der Waals surface area contributed by atoms with Crippen LogP contribution in [0.1, 0.15) is 39.4 Å². The van der Waals surface area contributed by atoms with Gasteiger partial charge in [-0.3, -0.25) is 4.79 Å². The molecule has 20 heavy (non-hydrogen) atoms. The van der Waals surface area contributed by atoms with E-state index in [1.807, 2.05) is 13.8 Å². The molecule has 0 bridgehead atoms. The zero-order chi connectivity index (χ0) is 15.3. The molecule has 0 radical (unpaired) electrons. The molecule has 1 aromatic carbocycles. The van der Waals surface area contributed by atoms with E-state index in [1.165, 1.54) is 7.11 Å². The van der Waals surface area contributed by atoms with Gasteiger partial charge in [-0.2, -0.15) is 0 Å². The SMILES string of the molecule is COc1cc([C@@H](C)O)ccc1OC(C)C(=O)NC(C)C. The number of nitrogens with one attached hydrogen (secondary N) is 1. The van der Waals surface area contributed by atoms with Gasteiger partial charge in [0.25, 0.3) is 5.91 Å². The van der Waals surface area contributed by atoms with E-state index in [-0.39, 0.29) is 11.9 Å². The fraction of sp³-hybridized carbons (Fsp3) is 0.533. The number of methoxy groups -OCH3 is 1. The Morgan fingerprint density at radius 1 is 1.20 bits per heavy atom. The van der Waals surface area contributed by atoms with Gasteiger partial charge < -0.3 is 19.9 Å². The topological polar surface area (TPSA) is 67.8 Å². The molecule has 5 nitrogen and oxygen atoms in total. The van der Waals surface area contributed by atoms with E-state index < -0.39 is 12.2 Å². The van der Waals surface area contributed by atoms with Crippen LogP contribution in [-0.4, -0.2) is 30.3 Å². The van der Waals surface area contributed by atoms with Crippen molar-refractivity contribution in [3.63, 3.8) is 0 Å². The van der Waals surface area contributed by atoms with E-state index in [9.17, 15) is 9.90 Å². The fourth-order valence-electron chi connectivity index (χ4n) is 1.69. The number of aliphatic hydroxyl groups is 1.